The standard InChI is InChI=1S/C12H26N2O3/c1-9(6-5-7-10(2)13)12(15)14-8-11(16-3)17-4/h9-11H,5-8,13H2,1-4H3,(H,14,15). The number of rotatable bonds is 9. The second-order valence-electron chi connectivity index (χ2n) is 4.46. The van der Waals surface area contributed by atoms with Gasteiger partial charge in [-0.2, -0.15) is 0 Å². The summed E-state index contributed by atoms with van der Waals surface area (Å²) >= 11 is 0. The highest BCUT2D eigenvalue weighted by Gasteiger charge is 2.14. The van der Waals surface area contributed by atoms with Gasteiger partial charge in [-0.3, -0.25) is 4.79 Å². The van der Waals surface area contributed by atoms with Crippen LogP contribution in [0.3, 0.4) is 0 Å². The van der Waals surface area contributed by atoms with Crippen LogP contribution in [0.5, 0.6) is 0 Å². The maximum Gasteiger partial charge on any atom is 0.223 e. The van der Waals surface area contributed by atoms with E-state index in [0.717, 1.165) is 19.3 Å². The molecule has 0 aromatic carbocycles. The van der Waals surface area contributed by atoms with Gasteiger partial charge in [-0.25, -0.2) is 0 Å². The van der Waals surface area contributed by atoms with Crippen LogP contribution in [0.15, 0.2) is 0 Å². The SMILES string of the molecule is COC(CNC(=O)C(C)CCCC(C)N)OC. The molecule has 0 spiro atoms. The molecule has 1 amide bonds. The summed E-state index contributed by atoms with van der Waals surface area (Å²) in [7, 11) is 3.10. The van der Waals surface area contributed by atoms with E-state index in [1.807, 2.05) is 13.8 Å². The lowest BCUT2D eigenvalue weighted by Gasteiger charge is -2.17. The molecule has 2 unspecified atom stereocenters. The van der Waals surface area contributed by atoms with E-state index in [9.17, 15) is 4.79 Å². The number of methoxy groups -OCH3 is 2. The molecule has 0 saturated carbocycles. The first-order chi connectivity index (χ1) is 8.01. The van der Waals surface area contributed by atoms with E-state index in [1.165, 1.54) is 0 Å². The molecule has 2 atom stereocenters. The molecular formula is C12H26N2O3. The molecule has 0 saturated heterocycles. The quantitative estimate of drug-likeness (QED) is 0.592. The van der Waals surface area contributed by atoms with Gasteiger partial charge in [-0.1, -0.05) is 13.3 Å². The molecule has 0 heterocycles. The fraction of sp³-hybridized carbons (Fsp3) is 0.917. The van der Waals surface area contributed by atoms with Gasteiger partial charge in [0.1, 0.15) is 0 Å². The van der Waals surface area contributed by atoms with Crippen molar-refractivity contribution >= 4 is 5.91 Å². The molecule has 0 radical (unpaired) electrons. The molecule has 3 N–H and O–H groups in total. The van der Waals surface area contributed by atoms with Gasteiger partial charge in [0.25, 0.3) is 0 Å². The molecule has 17 heavy (non-hydrogen) atoms. The number of nitrogens with two attached hydrogens (primary N) is 1. The van der Waals surface area contributed by atoms with Crippen molar-refractivity contribution in [1.29, 1.82) is 0 Å². The van der Waals surface area contributed by atoms with Crippen LogP contribution in [0.25, 0.3) is 0 Å². The van der Waals surface area contributed by atoms with Gasteiger partial charge < -0.3 is 20.5 Å². The number of carbonyl (C=O) groups excluding carboxylic acids is 1. The fourth-order valence-electron chi connectivity index (χ4n) is 1.50. The molecule has 102 valence electrons. The Labute approximate surface area is 104 Å². The van der Waals surface area contributed by atoms with Crippen LogP contribution in [0.1, 0.15) is 33.1 Å². The molecule has 5 heteroatoms. The molecule has 0 rings (SSSR count). The number of hydrogen-bond acceptors (Lipinski definition) is 4. The minimum atomic E-state index is -0.379. The molecule has 0 bridgehead atoms. The molecule has 0 aliphatic heterocycles. The summed E-state index contributed by atoms with van der Waals surface area (Å²) in [5.41, 5.74) is 5.66. The first-order valence-electron chi connectivity index (χ1n) is 6.10. The number of hydrogen-bond donors (Lipinski definition) is 2. The van der Waals surface area contributed by atoms with Crippen molar-refractivity contribution in [3.8, 4) is 0 Å². The van der Waals surface area contributed by atoms with Crippen molar-refractivity contribution in [1.82, 2.24) is 5.32 Å². The predicted molar refractivity (Wildman–Crippen MR) is 67.5 cm³/mol. The van der Waals surface area contributed by atoms with Gasteiger partial charge in [0.05, 0.1) is 6.54 Å². The van der Waals surface area contributed by atoms with E-state index in [1.54, 1.807) is 14.2 Å². The van der Waals surface area contributed by atoms with Crippen LogP contribution < -0.4 is 11.1 Å². The minimum Gasteiger partial charge on any atom is -0.354 e. The highest BCUT2D eigenvalue weighted by atomic mass is 16.7. The number of nitrogens with one attached hydrogen (secondary N) is 1. The van der Waals surface area contributed by atoms with Crippen molar-refractivity contribution < 1.29 is 14.3 Å². The van der Waals surface area contributed by atoms with Crippen LogP contribution in [0.4, 0.5) is 0 Å². The third kappa shape index (κ3) is 8.12. The van der Waals surface area contributed by atoms with Crippen LogP contribution in [-0.4, -0.2) is 39.0 Å². The summed E-state index contributed by atoms with van der Waals surface area (Å²) in [6, 6.07) is 0.205. The average molecular weight is 246 g/mol. The topological polar surface area (TPSA) is 73.6 Å². The lowest BCUT2D eigenvalue weighted by Crippen LogP contribution is -2.37. The van der Waals surface area contributed by atoms with Gasteiger partial charge in [0, 0.05) is 26.2 Å². The number of amides is 1. The molecule has 0 fully saturated rings. The first-order valence-corrected chi connectivity index (χ1v) is 6.10. The molecule has 0 aromatic rings. The fourth-order valence-corrected chi connectivity index (χ4v) is 1.50. The van der Waals surface area contributed by atoms with E-state index >= 15 is 0 Å². The van der Waals surface area contributed by atoms with Crippen molar-refractivity contribution in [2.45, 2.75) is 45.4 Å². The Morgan fingerprint density at radius 1 is 1.24 bits per heavy atom. The Balaban J connectivity index is 3.74. The lowest BCUT2D eigenvalue weighted by atomic mass is 10.0. The number of ether oxygens (including phenoxy) is 2. The number of carbonyl (C=O) groups is 1. The molecular weight excluding hydrogens is 220 g/mol. The average Bonchev–Trinajstić information content (AvgIpc) is 2.29. The van der Waals surface area contributed by atoms with Crippen LogP contribution in [-0.2, 0) is 14.3 Å². The van der Waals surface area contributed by atoms with Crippen molar-refractivity contribution in [2.75, 3.05) is 20.8 Å². The summed E-state index contributed by atoms with van der Waals surface area (Å²) in [5.74, 6) is 0.0388. The zero-order chi connectivity index (χ0) is 13.3. The van der Waals surface area contributed by atoms with Crippen LogP contribution in [0.2, 0.25) is 0 Å². The van der Waals surface area contributed by atoms with E-state index < -0.39 is 0 Å². The minimum absolute atomic E-state index is 0.00288. The normalized spacial score (nSPS) is 14.7. The summed E-state index contributed by atoms with van der Waals surface area (Å²) in [6.07, 6.45) is 2.41. The van der Waals surface area contributed by atoms with Gasteiger partial charge in [0.2, 0.25) is 5.91 Å². The Hall–Kier alpha value is -0.650. The molecule has 0 aliphatic carbocycles. The van der Waals surface area contributed by atoms with Crippen molar-refractivity contribution in [2.24, 2.45) is 11.7 Å². The molecule has 0 aliphatic rings. The lowest BCUT2D eigenvalue weighted by molar-refractivity contribution is -0.130. The van der Waals surface area contributed by atoms with Crippen LogP contribution in [0, 0.1) is 5.92 Å². The van der Waals surface area contributed by atoms with Gasteiger partial charge >= 0.3 is 0 Å². The Morgan fingerprint density at radius 2 is 1.82 bits per heavy atom. The third-order valence-corrected chi connectivity index (χ3v) is 2.71. The Morgan fingerprint density at radius 3 is 2.29 bits per heavy atom. The smallest absolute Gasteiger partial charge is 0.223 e. The Kier molecular flexibility index (Phi) is 9.03. The third-order valence-electron chi connectivity index (χ3n) is 2.71. The predicted octanol–water partition coefficient (Wildman–Crippen LogP) is 0.875. The van der Waals surface area contributed by atoms with E-state index in [0.29, 0.717) is 6.54 Å². The van der Waals surface area contributed by atoms with Gasteiger partial charge in [-0.05, 0) is 19.8 Å². The Bertz CT molecular complexity index is 206. The first kappa shape index (κ1) is 16.4. The largest absolute Gasteiger partial charge is 0.354 e. The van der Waals surface area contributed by atoms with E-state index in [2.05, 4.69) is 5.32 Å². The second kappa shape index (κ2) is 9.39. The maximum atomic E-state index is 11.7. The molecule has 0 aromatic heterocycles. The summed E-state index contributed by atoms with van der Waals surface area (Å²) < 4.78 is 9.98. The summed E-state index contributed by atoms with van der Waals surface area (Å²) in [4.78, 5) is 11.7. The van der Waals surface area contributed by atoms with Gasteiger partial charge in [-0.15, -0.1) is 0 Å². The van der Waals surface area contributed by atoms with Gasteiger partial charge in [0.15, 0.2) is 6.29 Å². The monoisotopic (exact) mass is 246 g/mol. The van der Waals surface area contributed by atoms with Crippen LogP contribution >= 0.6 is 0 Å². The molecule has 5 nitrogen and oxygen atoms in total. The van der Waals surface area contributed by atoms with Crippen molar-refractivity contribution in [3.63, 3.8) is 0 Å². The highest BCUT2D eigenvalue weighted by Crippen LogP contribution is 2.09. The van der Waals surface area contributed by atoms with E-state index in [4.69, 9.17) is 15.2 Å². The second-order valence-corrected chi connectivity index (χ2v) is 4.46. The summed E-state index contributed by atoms with van der Waals surface area (Å²) in [5, 5.41) is 2.80. The highest BCUT2D eigenvalue weighted by molar-refractivity contribution is 5.78. The van der Waals surface area contributed by atoms with E-state index in [-0.39, 0.29) is 24.2 Å². The maximum absolute atomic E-state index is 11.7. The zero-order valence-corrected chi connectivity index (χ0v) is 11.4. The van der Waals surface area contributed by atoms with Crippen molar-refractivity contribution in [3.05, 3.63) is 0 Å². The summed E-state index contributed by atoms with van der Waals surface area (Å²) in [6.45, 7) is 4.28. The zero-order valence-electron chi connectivity index (χ0n) is 11.4.